The highest BCUT2D eigenvalue weighted by Gasteiger charge is 2.20. The number of rotatable bonds is 6. The molecule has 3 rings (SSSR count). The number of thiazole rings is 1. The SMILES string of the molecule is COC(=O)c1ccc(OCc2csc(N(C(C)=O)c3ccc(C)cc3C)n2)c(Br)c1. The number of aromatic nitrogens is 1. The molecule has 0 bridgehead atoms. The smallest absolute Gasteiger partial charge is 0.337 e. The molecule has 0 N–H and O–H groups in total. The Balaban J connectivity index is 1.77. The first-order chi connectivity index (χ1) is 14.3. The van der Waals surface area contributed by atoms with Gasteiger partial charge in [-0.3, -0.25) is 9.69 Å². The summed E-state index contributed by atoms with van der Waals surface area (Å²) in [5.74, 6) is 0.0574. The fourth-order valence-electron chi connectivity index (χ4n) is 2.94. The van der Waals surface area contributed by atoms with Crippen LogP contribution in [0.3, 0.4) is 0 Å². The average molecular weight is 489 g/mol. The Morgan fingerprint density at radius 2 is 1.93 bits per heavy atom. The van der Waals surface area contributed by atoms with E-state index in [9.17, 15) is 9.59 Å². The molecular weight excluding hydrogens is 468 g/mol. The molecule has 0 unspecified atom stereocenters. The molecule has 1 aromatic heterocycles. The van der Waals surface area contributed by atoms with Crippen molar-refractivity contribution in [2.45, 2.75) is 27.4 Å². The number of ether oxygens (including phenoxy) is 2. The van der Waals surface area contributed by atoms with Crippen molar-refractivity contribution in [2.75, 3.05) is 12.0 Å². The van der Waals surface area contributed by atoms with Crippen molar-refractivity contribution in [3.8, 4) is 5.75 Å². The van der Waals surface area contributed by atoms with Crippen molar-refractivity contribution >= 4 is 50.0 Å². The predicted molar refractivity (Wildman–Crippen MR) is 121 cm³/mol. The lowest BCUT2D eigenvalue weighted by Crippen LogP contribution is -2.23. The lowest BCUT2D eigenvalue weighted by molar-refractivity contribution is -0.115. The molecule has 0 aliphatic carbocycles. The minimum Gasteiger partial charge on any atom is -0.486 e. The summed E-state index contributed by atoms with van der Waals surface area (Å²) in [4.78, 5) is 30.2. The summed E-state index contributed by atoms with van der Waals surface area (Å²) in [5.41, 5.74) is 4.09. The van der Waals surface area contributed by atoms with E-state index in [0.29, 0.717) is 26.6 Å². The summed E-state index contributed by atoms with van der Waals surface area (Å²) in [6, 6.07) is 10.9. The Kier molecular flexibility index (Phi) is 6.89. The maximum absolute atomic E-state index is 12.3. The second kappa shape index (κ2) is 9.40. The molecular formula is C22H21BrN2O4S. The quantitative estimate of drug-likeness (QED) is 0.424. The van der Waals surface area contributed by atoms with Crippen LogP contribution in [0.2, 0.25) is 0 Å². The first-order valence-electron chi connectivity index (χ1n) is 9.13. The molecule has 1 amide bonds. The van der Waals surface area contributed by atoms with Crippen LogP contribution in [0.4, 0.5) is 10.8 Å². The molecule has 0 saturated carbocycles. The fourth-order valence-corrected chi connectivity index (χ4v) is 4.30. The van der Waals surface area contributed by atoms with Gasteiger partial charge in [-0.1, -0.05) is 17.7 Å². The molecule has 0 saturated heterocycles. The van der Waals surface area contributed by atoms with Crippen LogP contribution in [0.1, 0.15) is 34.1 Å². The number of esters is 1. The maximum atomic E-state index is 12.3. The topological polar surface area (TPSA) is 68.7 Å². The zero-order chi connectivity index (χ0) is 21.8. The van der Waals surface area contributed by atoms with Gasteiger partial charge in [0.15, 0.2) is 5.13 Å². The second-order valence-electron chi connectivity index (χ2n) is 6.69. The van der Waals surface area contributed by atoms with Crippen molar-refractivity contribution in [2.24, 2.45) is 0 Å². The van der Waals surface area contributed by atoms with Gasteiger partial charge < -0.3 is 9.47 Å². The van der Waals surface area contributed by atoms with Crippen LogP contribution < -0.4 is 9.64 Å². The number of aryl methyl sites for hydroxylation is 2. The first-order valence-corrected chi connectivity index (χ1v) is 10.8. The number of amides is 1. The third-order valence-electron chi connectivity index (χ3n) is 4.37. The Morgan fingerprint density at radius 1 is 1.17 bits per heavy atom. The molecule has 8 heteroatoms. The van der Waals surface area contributed by atoms with Crippen molar-refractivity contribution in [3.05, 3.63) is 68.6 Å². The zero-order valence-corrected chi connectivity index (χ0v) is 19.5. The Morgan fingerprint density at radius 3 is 2.57 bits per heavy atom. The van der Waals surface area contributed by atoms with Crippen LogP contribution in [0.15, 0.2) is 46.3 Å². The van der Waals surface area contributed by atoms with Crippen LogP contribution in [0.25, 0.3) is 0 Å². The van der Waals surface area contributed by atoms with E-state index in [-0.39, 0.29) is 12.5 Å². The first kappa shape index (κ1) is 22.0. The minimum absolute atomic E-state index is 0.107. The molecule has 3 aromatic rings. The fraction of sp³-hybridized carbons (Fsp3) is 0.227. The molecule has 156 valence electrons. The van der Waals surface area contributed by atoms with Gasteiger partial charge in [-0.05, 0) is 59.6 Å². The molecule has 30 heavy (non-hydrogen) atoms. The largest absolute Gasteiger partial charge is 0.486 e. The van der Waals surface area contributed by atoms with Crippen molar-refractivity contribution in [3.63, 3.8) is 0 Å². The van der Waals surface area contributed by atoms with Gasteiger partial charge in [-0.2, -0.15) is 0 Å². The standard InChI is InChI=1S/C22H21BrN2O4S/c1-13-5-7-19(14(2)9-13)25(15(3)26)22-24-17(12-30-22)11-29-20-8-6-16(10-18(20)23)21(27)28-4/h5-10,12H,11H2,1-4H3. The van der Waals surface area contributed by atoms with Crippen LogP contribution in [-0.2, 0) is 16.1 Å². The van der Waals surface area contributed by atoms with E-state index >= 15 is 0 Å². The van der Waals surface area contributed by atoms with Crippen molar-refractivity contribution < 1.29 is 19.1 Å². The summed E-state index contributed by atoms with van der Waals surface area (Å²) in [7, 11) is 1.34. The summed E-state index contributed by atoms with van der Waals surface area (Å²) in [6.07, 6.45) is 0. The average Bonchev–Trinajstić information content (AvgIpc) is 3.16. The Hall–Kier alpha value is -2.71. The van der Waals surface area contributed by atoms with Crippen molar-refractivity contribution in [1.29, 1.82) is 0 Å². The molecule has 2 aromatic carbocycles. The molecule has 0 aliphatic heterocycles. The predicted octanol–water partition coefficient (Wildman–Crippen LogP) is 5.57. The van der Waals surface area contributed by atoms with Crippen LogP contribution in [0, 0.1) is 13.8 Å². The summed E-state index contributed by atoms with van der Waals surface area (Å²) >= 11 is 4.79. The lowest BCUT2D eigenvalue weighted by Gasteiger charge is -2.20. The molecule has 6 nitrogen and oxygen atoms in total. The minimum atomic E-state index is -0.415. The molecule has 0 radical (unpaired) electrons. The van der Waals surface area contributed by atoms with Gasteiger partial charge in [-0.15, -0.1) is 11.3 Å². The summed E-state index contributed by atoms with van der Waals surface area (Å²) in [5, 5.41) is 2.46. The normalized spacial score (nSPS) is 10.6. The molecule has 0 spiro atoms. The highest BCUT2D eigenvalue weighted by molar-refractivity contribution is 9.10. The molecule has 0 aliphatic rings. The van der Waals surface area contributed by atoms with E-state index in [4.69, 9.17) is 9.47 Å². The van der Waals surface area contributed by atoms with Gasteiger partial charge in [0.25, 0.3) is 0 Å². The zero-order valence-electron chi connectivity index (χ0n) is 17.1. The highest BCUT2D eigenvalue weighted by atomic mass is 79.9. The van der Waals surface area contributed by atoms with E-state index in [2.05, 4.69) is 20.9 Å². The van der Waals surface area contributed by atoms with E-state index < -0.39 is 5.97 Å². The van der Waals surface area contributed by atoms with Gasteiger partial charge in [0.05, 0.1) is 28.5 Å². The summed E-state index contributed by atoms with van der Waals surface area (Å²) < 4.78 is 11.2. The number of anilines is 2. The van der Waals surface area contributed by atoms with Gasteiger partial charge in [0, 0.05) is 12.3 Å². The van der Waals surface area contributed by atoms with E-state index in [1.807, 2.05) is 37.4 Å². The van der Waals surface area contributed by atoms with Crippen LogP contribution in [0.5, 0.6) is 5.75 Å². The van der Waals surface area contributed by atoms with Gasteiger partial charge in [0.1, 0.15) is 12.4 Å². The van der Waals surface area contributed by atoms with Crippen molar-refractivity contribution in [1.82, 2.24) is 4.98 Å². The van der Waals surface area contributed by atoms with Gasteiger partial charge in [-0.25, -0.2) is 9.78 Å². The number of methoxy groups -OCH3 is 1. The van der Waals surface area contributed by atoms with E-state index in [1.54, 1.807) is 23.1 Å². The number of carbonyl (C=O) groups excluding carboxylic acids is 2. The summed E-state index contributed by atoms with van der Waals surface area (Å²) in [6.45, 7) is 5.75. The number of hydrogen-bond donors (Lipinski definition) is 0. The number of nitrogens with zero attached hydrogens (tertiary/aromatic N) is 2. The number of halogens is 1. The van der Waals surface area contributed by atoms with E-state index in [0.717, 1.165) is 16.8 Å². The highest BCUT2D eigenvalue weighted by Crippen LogP contribution is 2.32. The maximum Gasteiger partial charge on any atom is 0.337 e. The molecule has 0 fully saturated rings. The van der Waals surface area contributed by atoms with Crippen LogP contribution >= 0.6 is 27.3 Å². The number of hydrogen-bond acceptors (Lipinski definition) is 6. The Bertz CT molecular complexity index is 1100. The van der Waals surface area contributed by atoms with Gasteiger partial charge >= 0.3 is 5.97 Å². The van der Waals surface area contributed by atoms with Crippen LogP contribution in [-0.4, -0.2) is 24.0 Å². The number of carbonyl (C=O) groups is 2. The third kappa shape index (κ3) is 4.88. The monoisotopic (exact) mass is 488 g/mol. The number of benzene rings is 2. The lowest BCUT2D eigenvalue weighted by atomic mass is 10.1. The molecule has 0 atom stereocenters. The Labute approximate surface area is 187 Å². The second-order valence-corrected chi connectivity index (χ2v) is 8.38. The third-order valence-corrected chi connectivity index (χ3v) is 5.86. The van der Waals surface area contributed by atoms with E-state index in [1.165, 1.54) is 25.4 Å². The van der Waals surface area contributed by atoms with Gasteiger partial charge in [0.2, 0.25) is 5.91 Å². The molecule has 1 heterocycles.